The van der Waals surface area contributed by atoms with Crippen LogP contribution in [0, 0.1) is 11.3 Å². The number of hydrogen-bond donors (Lipinski definition) is 2. The van der Waals surface area contributed by atoms with Crippen LogP contribution in [0.5, 0.6) is 11.5 Å². The predicted molar refractivity (Wildman–Crippen MR) is 109 cm³/mol. The number of amides is 1. The van der Waals surface area contributed by atoms with Crippen molar-refractivity contribution in [1.29, 1.82) is 5.26 Å². The number of carbonyl (C=O) groups is 1. The number of aryl methyl sites for hydroxylation is 1. The van der Waals surface area contributed by atoms with E-state index in [1.807, 2.05) is 37.3 Å². The van der Waals surface area contributed by atoms with E-state index in [0.717, 1.165) is 12.0 Å². The van der Waals surface area contributed by atoms with E-state index >= 15 is 0 Å². The van der Waals surface area contributed by atoms with Gasteiger partial charge < -0.3 is 20.1 Å². The second kappa shape index (κ2) is 10.0. The summed E-state index contributed by atoms with van der Waals surface area (Å²) in [5.41, 5.74) is 2.80. The molecule has 0 bridgehead atoms. The molecule has 2 N–H and O–H groups in total. The van der Waals surface area contributed by atoms with Gasteiger partial charge in [0.1, 0.15) is 23.1 Å². The summed E-state index contributed by atoms with van der Waals surface area (Å²) in [6.45, 7) is 3.97. The number of carbonyl (C=O) groups excluding carboxylic acids is 1. The van der Waals surface area contributed by atoms with Crippen LogP contribution in [0.4, 0.5) is 5.69 Å². The van der Waals surface area contributed by atoms with E-state index in [1.54, 1.807) is 25.3 Å². The summed E-state index contributed by atoms with van der Waals surface area (Å²) in [5.74, 6) is 0.736. The van der Waals surface area contributed by atoms with Crippen molar-refractivity contribution < 1.29 is 14.3 Å². The Labute approximate surface area is 165 Å². The van der Waals surface area contributed by atoms with E-state index in [4.69, 9.17) is 9.47 Å². The van der Waals surface area contributed by atoms with Gasteiger partial charge in [0.25, 0.3) is 5.91 Å². The highest BCUT2D eigenvalue weighted by Gasteiger charge is 2.14. The summed E-state index contributed by atoms with van der Waals surface area (Å²) in [4.78, 5) is 12.5. The lowest BCUT2D eigenvalue weighted by Gasteiger charge is -2.15. The zero-order valence-corrected chi connectivity index (χ0v) is 16.6. The molecule has 28 heavy (non-hydrogen) atoms. The van der Waals surface area contributed by atoms with E-state index in [9.17, 15) is 10.1 Å². The summed E-state index contributed by atoms with van der Waals surface area (Å²) >= 11 is 0. The number of hydrogen-bond acceptors (Lipinski definition) is 5. The molecule has 0 aliphatic carbocycles. The fourth-order valence-electron chi connectivity index (χ4n) is 2.62. The predicted octanol–water partition coefficient (Wildman–Crippen LogP) is 3.96. The number of benzene rings is 2. The van der Waals surface area contributed by atoms with Crippen LogP contribution in [0.1, 0.15) is 31.0 Å². The Balaban J connectivity index is 2.09. The summed E-state index contributed by atoms with van der Waals surface area (Å²) in [7, 11) is 3.10. The maximum atomic E-state index is 12.5. The van der Waals surface area contributed by atoms with Gasteiger partial charge in [-0.25, -0.2) is 0 Å². The van der Waals surface area contributed by atoms with Gasteiger partial charge >= 0.3 is 0 Å². The Kier molecular flexibility index (Phi) is 7.46. The highest BCUT2D eigenvalue weighted by Crippen LogP contribution is 2.29. The second-order valence-electron chi connectivity index (χ2n) is 6.17. The Morgan fingerprint density at radius 3 is 2.46 bits per heavy atom. The molecule has 0 heterocycles. The molecule has 6 heteroatoms. The number of nitrogens with one attached hydrogen (secondary N) is 2. The third kappa shape index (κ3) is 5.27. The SMILES string of the molecule is CCc1ccc(C(C)NC(=O)/C(C#N)=C\Nc2ccc(OC)cc2OC)cc1. The van der Waals surface area contributed by atoms with Gasteiger partial charge in [-0.05, 0) is 36.6 Å². The van der Waals surface area contributed by atoms with Gasteiger partial charge in [-0.2, -0.15) is 5.26 Å². The summed E-state index contributed by atoms with van der Waals surface area (Å²) < 4.78 is 10.5. The van der Waals surface area contributed by atoms with Gasteiger partial charge in [0.15, 0.2) is 0 Å². The van der Waals surface area contributed by atoms with Crippen molar-refractivity contribution in [3.05, 3.63) is 65.4 Å². The lowest BCUT2D eigenvalue weighted by Crippen LogP contribution is -2.28. The molecule has 1 atom stereocenters. The molecule has 0 aliphatic heterocycles. The average Bonchev–Trinajstić information content (AvgIpc) is 2.74. The molecule has 0 spiro atoms. The summed E-state index contributed by atoms with van der Waals surface area (Å²) in [6, 6.07) is 15.0. The minimum atomic E-state index is -0.449. The van der Waals surface area contributed by atoms with E-state index in [2.05, 4.69) is 17.6 Å². The number of methoxy groups -OCH3 is 2. The van der Waals surface area contributed by atoms with E-state index in [0.29, 0.717) is 17.2 Å². The van der Waals surface area contributed by atoms with Crippen LogP contribution >= 0.6 is 0 Å². The van der Waals surface area contributed by atoms with Gasteiger partial charge in [0.2, 0.25) is 0 Å². The quantitative estimate of drug-likeness (QED) is 0.536. The summed E-state index contributed by atoms with van der Waals surface area (Å²) in [5, 5.41) is 15.2. The molecule has 2 rings (SSSR count). The largest absolute Gasteiger partial charge is 0.497 e. The highest BCUT2D eigenvalue weighted by atomic mass is 16.5. The molecular weight excluding hydrogens is 354 g/mol. The molecular formula is C22H25N3O3. The van der Waals surface area contributed by atoms with Crippen molar-refractivity contribution >= 4 is 11.6 Å². The van der Waals surface area contributed by atoms with Gasteiger partial charge in [-0.3, -0.25) is 4.79 Å². The van der Waals surface area contributed by atoms with Gasteiger partial charge in [0, 0.05) is 12.3 Å². The first-order valence-corrected chi connectivity index (χ1v) is 9.00. The first kappa shape index (κ1) is 20.8. The molecule has 0 aliphatic rings. The third-order valence-corrected chi connectivity index (χ3v) is 4.38. The molecule has 2 aromatic carbocycles. The number of rotatable bonds is 8. The van der Waals surface area contributed by atoms with Crippen molar-refractivity contribution in [3.63, 3.8) is 0 Å². The van der Waals surface area contributed by atoms with E-state index < -0.39 is 5.91 Å². The summed E-state index contributed by atoms with van der Waals surface area (Å²) in [6.07, 6.45) is 2.33. The minimum Gasteiger partial charge on any atom is -0.497 e. The van der Waals surface area contributed by atoms with Crippen molar-refractivity contribution in [3.8, 4) is 17.6 Å². The topological polar surface area (TPSA) is 83.4 Å². The van der Waals surface area contributed by atoms with Gasteiger partial charge in [-0.1, -0.05) is 31.2 Å². The van der Waals surface area contributed by atoms with Crippen LogP contribution in [-0.4, -0.2) is 20.1 Å². The number of nitriles is 1. The maximum absolute atomic E-state index is 12.5. The maximum Gasteiger partial charge on any atom is 0.263 e. The smallest absolute Gasteiger partial charge is 0.263 e. The molecule has 0 saturated heterocycles. The normalized spacial score (nSPS) is 11.9. The lowest BCUT2D eigenvalue weighted by atomic mass is 10.0. The first-order valence-electron chi connectivity index (χ1n) is 9.00. The second-order valence-corrected chi connectivity index (χ2v) is 6.17. The van der Waals surface area contributed by atoms with Crippen LogP contribution in [0.3, 0.4) is 0 Å². The zero-order chi connectivity index (χ0) is 20.5. The van der Waals surface area contributed by atoms with Gasteiger partial charge in [0.05, 0.1) is 25.9 Å². The molecule has 0 saturated carbocycles. The van der Waals surface area contributed by atoms with Crippen LogP contribution in [0.2, 0.25) is 0 Å². The molecule has 1 amide bonds. The molecule has 146 valence electrons. The van der Waals surface area contributed by atoms with Crippen LogP contribution in [0.25, 0.3) is 0 Å². The fourth-order valence-corrected chi connectivity index (χ4v) is 2.62. The highest BCUT2D eigenvalue weighted by molar-refractivity contribution is 5.97. The Morgan fingerprint density at radius 2 is 1.89 bits per heavy atom. The number of nitrogens with zero attached hydrogens (tertiary/aromatic N) is 1. The Hall–Kier alpha value is -3.46. The monoisotopic (exact) mass is 379 g/mol. The molecule has 6 nitrogen and oxygen atoms in total. The van der Waals surface area contributed by atoms with Crippen LogP contribution in [-0.2, 0) is 11.2 Å². The van der Waals surface area contributed by atoms with Crippen molar-refractivity contribution in [2.75, 3.05) is 19.5 Å². The van der Waals surface area contributed by atoms with Crippen molar-refractivity contribution in [2.45, 2.75) is 26.3 Å². The van der Waals surface area contributed by atoms with E-state index in [-0.39, 0.29) is 11.6 Å². The lowest BCUT2D eigenvalue weighted by molar-refractivity contribution is -0.117. The van der Waals surface area contributed by atoms with Crippen LogP contribution < -0.4 is 20.1 Å². The van der Waals surface area contributed by atoms with Crippen molar-refractivity contribution in [1.82, 2.24) is 5.32 Å². The molecule has 0 radical (unpaired) electrons. The van der Waals surface area contributed by atoms with Crippen molar-refractivity contribution in [2.24, 2.45) is 0 Å². The number of ether oxygens (including phenoxy) is 2. The molecule has 2 aromatic rings. The first-order chi connectivity index (χ1) is 13.5. The Bertz CT molecular complexity index is 883. The fraction of sp³-hybridized carbons (Fsp3) is 0.273. The molecule has 1 unspecified atom stereocenters. The number of anilines is 1. The standard InChI is InChI=1S/C22H25N3O3/c1-5-16-6-8-17(9-7-16)15(2)25-22(26)18(13-23)14-24-20-11-10-19(27-3)12-21(20)28-4/h6-12,14-15,24H,5H2,1-4H3,(H,25,26)/b18-14-. The van der Waals surface area contributed by atoms with Crippen LogP contribution in [0.15, 0.2) is 54.2 Å². The molecule has 0 fully saturated rings. The Morgan fingerprint density at radius 1 is 1.18 bits per heavy atom. The molecule has 0 aromatic heterocycles. The van der Waals surface area contributed by atoms with Gasteiger partial charge in [-0.15, -0.1) is 0 Å². The third-order valence-electron chi connectivity index (χ3n) is 4.38. The van der Waals surface area contributed by atoms with E-state index in [1.165, 1.54) is 18.9 Å². The average molecular weight is 379 g/mol. The minimum absolute atomic E-state index is 0.0325. The zero-order valence-electron chi connectivity index (χ0n) is 16.6.